The molecular weight excluding hydrogens is 334 g/mol. The van der Waals surface area contributed by atoms with Gasteiger partial charge in [0.1, 0.15) is 0 Å². The zero-order valence-corrected chi connectivity index (χ0v) is 15.1. The Hall–Kier alpha value is -2.93. The first-order chi connectivity index (χ1) is 12.0. The molecule has 0 unspecified atom stereocenters. The summed E-state index contributed by atoms with van der Waals surface area (Å²) in [5.74, 6) is -0.268. The van der Waals surface area contributed by atoms with Crippen LogP contribution in [0.5, 0.6) is 0 Å². The number of rotatable bonds is 4. The van der Waals surface area contributed by atoms with Gasteiger partial charge in [0.2, 0.25) is 0 Å². The van der Waals surface area contributed by atoms with E-state index in [2.05, 4.69) is 46.1 Å². The van der Waals surface area contributed by atoms with Crippen molar-refractivity contribution in [1.82, 2.24) is 15.0 Å². The highest BCUT2D eigenvalue weighted by molar-refractivity contribution is 7.13. The first-order valence-corrected chi connectivity index (χ1v) is 8.65. The predicted molar refractivity (Wildman–Crippen MR) is 101 cm³/mol. The van der Waals surface area contributed by atoms with Crippen LogP contribution < -0.4 is 11.2 Å². The van der Waals surface area contributed by atoms with Gasteiger partial charge in [-0.05, 0) is 57.2 Å². The Kier molecular flexibility index (Phi) is 4.67. The Balaban J connectivity index is 1.73. The van der Waals surface area contributed by atoms with E-state index in [1.54, 1.807) is 24.4 Å². The number of carbonyl (C=O) groups is 1. The molecule has 1 aromatic carbocycles. The Labute approximate surface area is 150 Å². The number of nitrogens with one attached hydrogen (secondary N) is 1. The van der Waals surface area contributed by atoms with Crippen molar-refractivity contribution in [2.45, 2.75) is 20.8 Å². The zero-order valence-electron chi connectivity index (χ0n) is 14.3. The normalized spacial score (nSPS) is 11.6. The van der Waals surface area contributed by atoms with E-state index in [9.17, 15) is 4.79 Å². The molecule has 3 aromatic rings. The van der Waals surface area contributed by atoms with E-state index in [4.69, 9.17) is 5.73 Å². The largest absolute Gasteiger partial charge is 0.375 e. The Morgan fingerprint density at radius 3 is 2.36 bits per heavy atom. The molecule has 1 amide bonds. The number of carbonyl (C=O) groups excluding carboxylic acids is 1. The predicted octanol–water partition coefficient (Wildman–Crippen LogP) is 3.29. The number of amides is 1. The molecule has 2 heterocycles. The number of thiazole rings is 1. The van der Waals surface area contributed by atoms with Crippen LogP contribution >= 0.6 is 11.3 Å². The number of aromatic nitrogens is 2. The highest BCUT2D eigenvalue weighted by Crippen LogP contribution is 2.17. The SMILES string of the molecule is CC(=NNC(=O)c1ccc(-n2c(C)ccc2C)cc1)c1csc(N)n1. The summed E-state index contributed by atoms with van der Waals surface area (Å²) in [5.41, 5.74) is 13.3. The summed E-state index contributed by atoms with van der Waals surface area (Å²) in [5, 5.41) is 6.36. The van der Waals surface area contributed by atoms with Crippen LogP contribution in [0, 0.1) is 13.8 Å². The van der Waals surface area contributed by atoms with Crippen LogP contribution in [0.15, 0.2) is 46.9 Å². The van der Waals surface area contributed by atoms with E-state index >= 15 is 0 Å². The van der Waals surface area contributed by atoms with E-state index in [0.717, 1.165) is 17.1 Å². The smallest absolute Gasteiger partial charge is 0.271 e. The van der Waals surface area contributed by atoms with Crippen LogP contribution in [0.4, 0.5) is 5.13 Å². The molecular formula is C18H19N5OS. The van der Waals surface area contributed by atoms with Crippen molar-refractivity contribution in [1.29, 1.82) is 0 Å². The summed E-state index contributed by atoms with van der Waals surface area (Å²) < 4.78 is 2.14. The van der Waals surface area contributed by atoms with Gasteiger partial charge in [0.05, 0.1) is 11.4 Å². The molecule has 0 fully saturated rings. The molecule has 25 heavy (non-hydrogen) atoms. The third kappa shape index (κ3) is 3.61. The summed E-state index contributed by atoms with van der Waals surface area (Å²) in [6.45, 7) is 5.88. The van der Waals surface area contributed by atoms with Crippen LogP contribution in [0.3, 0.4) is 0 Å². The molecule has 0 saturated heterocycles. The van der Waals surface area contributed by atoms with Gasteiger partial charge in [0.25, 0.3) is 5.91 Å². The highest BCUT2D eigenvalue weighted by Gasteiger charge is 2.08. The molecule has 0 saturated carbocycles. The number of nitrogens with zero attached hydrogens (tertiary/aromatic N) is 3. The molecule has 2 aromatic heterocycles. The van der Waals surface area contributed by atoms with Gasteiger partial charge in [-0.2, -0.15) is 5.10 Å². The van der Waals surface area contributed by atoms with E-state index in [0.29, 0.717) is 22.1 Å². The maximum Gasteiger partial charge on any atom is 0.271 e. The van der Waals surface area contributed by atoms with E-state index in [1.807, 2.05) is 12.1 Å². The molecule has 3 N–H and O–H groups in total. The lowest BCUT2D eigenvalue weighted by molar-refractivity contribution is 0.0955. The highest BCUT2D eigenvalue weighted by atomic mass is 32.1. The van der Waals surface area contributed by atoms with Crippen molar-refractivity contribution < 1.29 is 4.79 Å². The minimum Gasteiger partial charge on any atom is -0.375 e. The van der Waals surface area contributed by atoms with Crippen molar-refractivity contribution in [2.75, 3.05) is 5.73 Å². The van der Waals surface area contributed by atoms with E-state index in [-0.39, 0.29) is 5.91 Å². The molecule has 0 aliphatic rings. The maximum atomic E-state index is 12.2. The number of nitrogen functional groups attached to an aromatic ring is 1. The Morgan fingerprint density at radius 1 is 1.16 bits per heavy atom. The minimum atomic E-state index is -0.268. The quantitative estimate of drug-likeness (QED) is 0.557. The molecule has 3 rings (SSSR count). The number of hydrogen-bond acceptors (Lipinski definition) is 5. The van der Waals surface area contributed by atoms with Gasteiger partial charge < -0.3 is 10.3 Å². The summed E-state index contributed by atoms with van der Waals surface area (Å²) in [4.78, 5) is 16.4. The Morgan fingerprint density at radius 2 is 1.80 bits per heavy atom. The third-order valence-electron chi connectivity index (χ3n) is 3.88. The fraction of sp³-hybridized carbons (Fsp3) is 0.167. The Bertz CT molecular complexity index is 917. The van der Waals surface area contributed by atoms with Crippen molar-refractivity contribution in [3.8, 4) is 5.69 Å². The van der Waals surface area contributed by atoms with Crippen LogP contribution in [-0.4, -0.2) is 21.2 Å². The second-order valence-electron chi connectivity index (χ2n) is 5.71. The monoisotopic (exact) mass is 353 g/mol. The van der Waals surface area contributed by atoms with Crippen molar-refractivity contribution in [3.05, 3.63) is 64.4 Å². The second kappa shape index (κ2) is 6.90. The fourth-order valence-electron chi connectivity index (χ4n) is 2.55. The van der Waals surface area contributed by atoms with Crippen LogP contribution in [-0.2, 0) is 0 Å². The van der Waals surface area contributed by atoms with Gasteiger partial charge >= 0.3 is 0 Å². The standard InChI is InChI=1S/C18H19N5OS/c1-11-4-5-12(2)23(11)15-8-6-14(7-9-15)17(24)22-21-13(3)16-10-25-18(19)20-16/h4-10H,1-3H3,(H2,19,20)(H,22,24). The number of hydrogen-bond donors (Lipinski definition) is 2. The number of benzene rings is 1. The van der Waals surface area contributed by atoms with Crippen molar-refractivity contribution in [3.63, 3.8) is 0 Å². The van der Waals surface area contributed by atoms with Crippen LogP contribution in [0.2, 0.25) is 0 Å². The average molecular weight is 353 g/mol. The first-order valence-electron chi connectivity index (χ1n) is 7.77. The zero-order chi connectivity index (χ0) is 18.0. The summed E-state index contributed by atoms with van der Waals surface area (Å²) >= 11 is 1.34. The minimum absolute atomic E-state index is 0.268. The summed E-state index contributed by atoms with van der Waals surface area (Å²) in [6.07, 6.45) is 0. The van der Waals surface area contributed by atoms with E-state index in [1.165, 1.54) is 11.3 Å². The number of hydrazone groups is 1. The van der Waals surface area contributed by atoms with Crippen LogP contribution in [0.1, 0.15) is 34.4 Å². The average Bonchev–Trinajstić information content (AvgIpc) is 3.18. The van der Waals surface area contributed by atoms with E-state index < -0.39 is 0 Å². The second-order valence-corrected chi connectivity index (χ2v) is 6.60. The number of anilines is 1. The lowest BCUT2D eigenvalue weighted by atomic mass is 10.2. The number of nitrogens with two attached hydrogens (primary N) is 1. The van der Waals surface area contributed by atoms with Gasteiger partial charge in [-0.25, -0.2) is 10.4 Å². The lowest BCUT2D eigenvalue weighted by Crippen LogP contribution is -2.19. The third-order valence-corrected chi connectivity index (χ3v) is 4.55. The topological polar surface area (TPSA) is 85.3 Å². The van der Waals surface area contributed by atoms with Gasteiger partial charge in [0.15, 0.2) is 5.13 Å². The van der Waals surface area contributed by atoms with Gasteiger partial charge in [-0.15, -0.1) is 11.3 Å². The van der Waals surface area contributed by atoms with Crippen molar-refractivity contribution in [2.24, 2.45) is 5.10 Å². The molecule has 0 radical (unpaired) electrons. The molecule has 0 bridgehead atoms. The first kappa shape index (κ1) is 16.9. The molecule has 7 heteroatoms. The molecule has 6 nitrogen and oxygen atoms in total. The molecule has 0 aliphatic heterocycles. The van der Waals surface area contributed by atoms with Crippen LogP contribution in [0.25, 0.3) is 5.69 Å². The van der Waals surface area contributed by atoms with Gasteiger partial charge in [-0.3, -0.25) is 4.79 Å². The summed E-state index contributed by atoms with van der Waals surface area (Å²) in [7, 11) is 0. The molecule has 0 atom stereocenters. The van der Waals surface area contributed by atoms with Crippen molar-refractivity contribution >= 4 is 28.1 Å². The lowest BCUT2D eigenvalue weighted by Gasteiger charge is -2.10. The summed E-state index contributed by atoms with van der Waals surface area (Å²) in [6, 6.07) is 11.6. The number of aryl methyl sites for hydroxylation is 2. The van der Waals surface area contributed by atoms with Gasteiger partial charge in [-0.1, -0.05) is 0 Å². The maximum absolute atomic E-state index is 12.2. The molecule has 128 valence electrons. The molecule has 0 aliphatic carbocycles. The van der Waals surface area contributed by atoms with Gasteiger partial charge in [0, 0.05) is 28.0 Å². The fourth-order valence-corrected chi connectivity index (χ4v) is 3.15. The molecule has 0 spiro atoms.